The standard InChI is InChI=1S/C13H20N6O5/c14-4-11(21)16-2-1-10(20)19-9(3-8-5-15-7-18-8)13(24)17-6-12(22)23/h5,7,9H,1-4,6,14H2,(H,15,18)(H,16,21)(H,17,24)(H,19,20)(H,22,23)/t9-/m0/s1. The number of aromatic amines is 1. The molecule has 0 saturated heterocycles. The number of H-pyrrole nitrogens is 1. The van der Waals surface area contributed by atoms with Crippen LogP contribution in [0.2, 0.25) is 0 Å². The second kappa shape index (κ2) is 9.94. The molecule has 0 saturated carbocycles. The molecule has 1 heterocycles. The van der Waals surface area contributed by atoms with Gasteiger partial charge in [-0.2, -0.15) is 0 Å². The summed E-state index contributed by atoms with van der Waals surface area (Å²) in [5.74, 6) is -2.69. The van der Waals surface area contributed by atoms with E-state index in [0.717, 1.165) is 0 Å². The third-order valence-electron chi connectivity index (χ3n) is 2.90. The molecule has 0 fully saturated rings. The number of nitrogens with one attached hydrogen (secondary N) is 4. The summed E-state index contributed by atoms with van der Waals surface area (Å²) < 4.78 is 0. The van der Waals surface area contributed by atoms with E-state index >= 15 is 0 Å². The number of aliphatic carboxylic acids is 1. The fourth-order valence-electron chi connectivity index (χ4n) is 1.77. The monoisotopic (exact) mass is 340 g/mol. The van der Waals surface area contributed by atoms with E-state index in [2.05, 4.69) is 25.9 Å². The van der Waals surface area contributed by atoms with Gasteiger partial charge in [-0.3, -0.25) is 19.2 Å². The van der Waals surface area contributed by atoms with Crippen LogP contribution in [0.4, 0.5) is 0 Å². The Hall–Kier alpha value is -2.95. The number of carbonyl (C=O) groups excluding carboxylic acids is 3. The van der Waals surface area contributed by atoms with Crippen LogP contribution < -0.4 is 21.7 Å². The molecule has 0 bridgehead atoms. The number of aromatic nitrogens is 2. The molecule has 11 nitrogen and oxygen atoms in total. The number of hydrogen-bond acceptors (Lipinski definition) is 6. The molecule has 7 N–H and O–H groups in total. The number of hydrogen-bond donors (Lipinski definition) is 6. The minimum Gasteiger partial charge on any atom is -0.480 e. The minimum absolute atomic E-state index is 0.0442. The molecule has 0 radical (unpaired) electrons. The molecule has 0 aromatic carbocycles. The summed E-state index contributed by atoms with van der Waals surface area (Å²) in [6, 6.07) is -0.970. The lowest BCUT2D eigenvalue weighted by Gasteiger charge is -2.17. The molecule has 3 amide bonds. The minimum atomic E-state index is -1.19. The van der Waals surface area contributed by atoms with Crippen LogP contribution in [0.5, 0.6) is 0 Å². The van der Waals surface area contributed by atoms with E-state index in [1.165, 1.54) is 12.5 Å². The molecule has 0 aliphatic heterocycles. The van der Waals surface area contributed by atoms with Gasteiger partial charge in [0.05, 0.1) is 12.9 Å². The predicted molar refractivity (Wildman–Crippen MR) is 81.5 cm³/mol. The highest BCUT2D eigenvalue weighted by Crippen LogP contribution is 1.99. The van der Waals surface area contributed by atoms with Gasteiger partial charge in [-0.1, -0.05) is 0 Å². The molecule has 1 aromatic rings. The van der Waals surface area contributed by atoms with Crippen LogP contribution in [-0.4, -0.2) is 64.4 Å². The van der Waals surface area contributed by atoms with Crippen LogP contribution in [0.1, 0.15) is 12.1 Å². The highest BCUT2D eigenvalue weighted by atomic mass is 16.4. The first-order valence-electron chi connectivity index (χ1n) is 7.15. The van der Waals surface area contributed by atoms with Crippen LogP contribution in [0, 0.1) is 0 Å². The third kappa shape index (κ3) is 7.35. The van der Waals surface area contributed by atoms with Gasteiger partial charge < -0.3 is 31.8 Å². The first kappa shape index (κ1) is 19.1. The van der Waals surface area contributed by atoms with Crippen molar-refractivity contribution in [2.24, 2.45) is 5.73 Å². The van der Waals surface area contributed by atoms with E-state index in [0.29, 0.717) is 5.69 Å². The van der Waals surface area contributed by atoms with Gasteiger partial charge in [0.2, 0.25) is 17.7 Å². The van der Waals surface area contributed by atoms with Crippen molar-refractivity contribution < 1.29 is 24.3 Å². The van der Waals surface area contributed by atoms with Crippen molar-refractivity contribution in [1.29, 1.82) is 0 Å². The van der Waals surface area contributed by atoms with Gasteiger partial charge in [0.25, 0.3) is 0 Å². The molecule has 0 aliphatic rings. The molecule has 24 heavy (non-hydrogen) atoms. The van der Waals surface area contributed by atoms with Crippen LogP contribution in [0.15, 0.2) is 12.5 Å². The highest BCUT2D eigenvalue weighted by Gasteiger charge is 2.22. The number of carboxylic acids is 1. The van der Waals surface area contributed by atoms with Gasteiger partial charge in [-0.05, 0) is 0 Å². The second-order valence-corrected chi connectivity index (χ2v) is 4.82. The number of rotatable bonds is 10. The Morgan fingerprint density at radius 2 is 2.00 bits per heavy atom. The normalized spacial score (nSPS) is 11.4. The first-order chi connectivity index (χ1) is 11.4. The Kier molecular flexibility index (Phi) is 7.91. The maximum absolute atomic E-state index is 12.0. The number of carboxylic acid groups (broad SMARTS) is 1. The lowest BCUT2D eigenvalue weighted by atomic mass is 10.1. The van der Waals surface area contributed by atoms with Crippen LogP contribution in [0.3, 0.4) is 0 Å². The smallest absolute Gasteiger partial charge is 0.322 e. The topological polar surface area (TPSA) is 179 Å². The Morgan fingerprint density at radius 1 is 1.25 bits per heavy atom. The number of carbonyl (C=O) groups is 4. The number of amides is 3. The van der Waals surface area contributed by atoms with Crippen LogP contribution in [0.25, 0.3) is 0 Å². The van der Waals surface area contributed by atoms with Crippen LogP contribution >= 0.6 is 0 Å². The average molecular weight is 340 g/mol. The van der Waals surface area contributed by atoms with Crippen LogP contribution in [-0.2, 0) is 25.6 Å². The third-order valence-corrected chi connectivity index (χ3v) is 2.90. The molecule has 0 aliphatic carbocycles. The van der Waals surface area contributed by atoms with Crippen molar-refractivity contribution in [2.45, 2.75) is 18.9 Å². The second-order valence-electron chi connectivity index (χ2n) is 4.82. The van der Waals surface area contributed by atoms with E-state index in [4.69, 9.17) is 10.8 Å². The average Bonchev–Trinajstić information content (AvgIpc) is 3.04. The largest absolute Gasteiger partial charge is 0.480 e. The highest BCUT2D eigenvalue weighted by molar-refractivity contribution is 5.89. The van der Waals surface area contributed by atoms with Crippen molar-refractivity contribution in [3.8, 4) is 0 Å². The molecule has 0 spiro atoms. The summed E-state index contributed by atoms with van der Waals surface area (Å²) in [6.45, 7) is -0.655. The zero-order valence-electron chi connectivity index (χ0n) is 12.9. The fourth-order valence-corrected chi connectivity index (χ4v) is 1.77. The van der Waals surface area contributed by atoms with Gasteiger partial charge in [-0.15, -0.1) is 0 Å². The maximum atomic E-state index is 12.0. The van der Waals surface area contributed by atoms with E-state index in [1.807, 2.05) is 0 Å². The summed E-state index contributed by atoms with van der Waals surface area (Å²) in [5.41, 5.74) is 5.72. The molecular formula is C13H20N6O5. The van der Waals surface area contributed by atoms with Gasteiger partial charge in [-0.25, -0.2) is 4.98 Å². The van der Waals surface area contributed by atoms with Gasteiger partial charge in [0.15, 0.2) is 0 Å². The summed E-state index contributed by atoms with van der Waals surface area (Å²) >= 11 is 0. The molecule has 1 rings (SSSR count). The summed E-state index contributed by atoms with van der Waals surface area (Å²) in [6.07, 6.45) is 2.99. The first-order valence-corrected chi connectivity index (χ1v) is 7.15. The molecular weight excluding hydrogens is 320 g/mol. The Morgan fingerprint density at radius 3 is 2.58 bits per heavy atom. The zero-order chi connectivity index (χ0) is 17.9. The van der Waals surface area contributed by atoms with Gasteiger partial charge in [0.1, 0.15) is 12.6 Å². The SMILES string of the molecule is NCC(=O)NCCC(=O)N[C@@H](Cc1cnc[nH]1)C(=O)NCC(=O)O. The number of nitrogens with zero attached hydrogens (tertiary/aromatic N) is 1. The van der Waals surface area contributed by atoms with E-state index in [1.54, 1.807) is 0 Å². The summed E-state index contributed by atoms with van der Waals surface area (Å²) in [4.78, 5) is 52.0. The van der Waals surface area contributed by atoms with Crippen molar-refractivity contribution in [1.82, 2.24) is 25.9 Å². The zero-order valence-corrected chi connectivity index (χ0v) is 12.9. The van der Waals surface area contributed by atoms with E-state index < -0.39 is 36.3 Å². The molecule has 1 aromatic heterocycles. The molecule has 0 unspecified atom stereocenters. The molecule has 11 heteroatoms. The van der Waals surface area contributed by atoms with E-state index in [-0.39, 0.29) is 25.9 Å². The Bertz CT molecular complexity index is 573. The molecule has 1 atom stereocenters. The number of nitrogens with two attached hydrogens (primary N) is 1. The Labute approximate surface area is 137 Å². The lowest BCUT2D eigenvalue weighted by molar-refractivity contribution is -0.138. The summed E-state index contributed by atoms with van der Waals surface area (Å²) in [7, 11) is 0. The van der Waals surface area contributed by atoms with E-state index in [9.17, 15) is 19.2 Å². The quantitative estimate of drug-likeness (QED) is 0.264. The lowest BCUT2D eigenvalue weighted by Crippen LogP contribution is -2.49. The predicted octanol–water partition coefficient (Wildman–Crippen LogP) is -2.90. The summed E-state index contributed by atoms with van der Waals surface area (Å²) in [5, 5.41) is 15.7. The Balaban J connectivity index is 2.56. The fraction of sp³-hybridized carbons (Fsp3) is 0.462. The number of imidazole rings is 1. The van der Waals surface area contributed by atoms with Crippen molar-refractivity contribution >= 4 is 23.7 Å². The van der Waals surface area contributed by atoms with Crippen molar-refractivity contribution in [2.75, 3.05) is 19.6 Å². The van der Waals surface area contributed by atoms with Crippen molar-refractivity contribution in [3.05, 3.63) is 18.2 Å². The van der Waals surface area contributed by atoms with Crippen molar-refractivity contribution in [3.63, 3.8) is 0 Å². The maximum Gasteiger partial charge on any atom is 0.322 e. The molecule has 132 valence electrons. The van der Waals surface area contributed by atoms with Gasteiger partial charge >= 0.3 is 5.97 Å². The van der Waals surface area contributed by atoms with Gasteiger partial charge in [0, 0.05) is 31.3 Å².